The van der Waals surface area contributed by atoms with Crippen molar-refractivity contribution in [2.45, 2.75) is 37.5 Å². The van der Waals surface area contributed by atoms with E-state index in [1.165, 1.54) is 36.1 Å². The predicted octanol–water partition coefficient (Wildman–Crippen LogP) is 3.57. The maximum atomic E-state index is 10.5. The Labute approximate surface area is 144 Å². The number of nitrogens with one attached hydrogen (secondary N) is 1. The van der Waals surface area contributed by atoms with Crippen LogP contribution in [0.1, 0.15) is 36.0 Å². The first-order valence-corrected chi connectivity index (χ1v) is 9.68. The minimum Gasteiger partial charge on any atom is -0.315 e. The highest BCUT2D eigenvalue weighted by Gasteiger charge is 2.17. The van der Waals surface area contributed by atoms with E-state index in [1.54, 1.807) is 12.1 Å². The Bertz CT molecular complexity index is 733. The van der Waals surface area contributed by atoms with Gasteiger partial charge in [0.05, 0.1) is 4.90 Å². The molecule has 1 fully saturated rings. The normalized spacial score (nSPS) is 14.5. The summed E-state index contributed by atoms with van der Waals surface area (Å²) in [6.45, 7) is 6.39. The molecule has 0 saturated carbocycles. The molecule has 0 aromatic heterocycles. The Morgan fingerprint density at radius 3 is 2.04 bits per heavy atom. The summed E-state index contributed by atoms with van der Waals surface area (Å²) in [5.41, 5.74) is 3.93. The molecule has 0 amide bonds. The third kappa shape index (κ3) is 5.44. The third-order valence-corrected chi connectivity index (χ3v) is 4.96. The summed E-state index contributed by atoms with van der Waals surface area (Å²) in [4.78, 5) is -0.0666. The second kappa shape index (κ2) is 8.42. The summed E-state index contributed by atoms with van der Waals surface area (Å²) in [5, 5.41) is 3.30. The van der Waals surface area contributed by atoms with Gasteiger partial charge >= 0.3 is 0 Å². The van der Waals surface area contributed by atoms with Crippen LogP contribution in [0.3, 0.4) is 0 Å². The van der Waals surface area contributed by atoms with Gasteiger partial charge in [-0.1, -0.05) is 55.3 Å². The van der Waals surface area contributed by atoms with Crippen LogP contribution >= 0.6 is 0 Å². The van der Waals surface area contributed by atoms with Crippen LogP contribution < -0.4 is 5.32 Å². The lowest BCUT2D eigenvalue weighted by atomic mass is 9.93. The van der Waals surface area contributed by atoms with Gasteiger partial charge in [-0.25, -0.2) is 0 Å². The van der Waals surface area contributed by atoms with Crippen LogP contribution in [0.25, 0.3) is 0 Å². The maximum Gasteiger partial charge on any atom is 0.294 e. The minimum absolute atomic E-state index is 0.0666. The Morgan fingerprint density at radius 1 is 1.04 bits per heavy atom. The van der Waals surface area contributed by atoms with Crippen molar-refractivity contribution in [3.63, 3.8) is 0 Å². The lowest BCUT2D eigenvalue weighted by Gasteiger charge is -2.27. The van der Waals surface area contributed by atoms with Crippen LogP contribution in [-0.2, 0) is 16.5 Å². The maximum absolute atomic E-state index is 10.5. The van der Waals surface area contributed by atoms with Gasteiger partial charge in [-0.15, -0.1) is 0 Å². The van der Waals surface area contributed by atoms with Crippen LogP contribution in [0.4, 0.5) is 0 Å². The van der Waals surface area contributed by atoms with Gasteiger partial charge in [0, 0.05) is 19.0 Å². The highest BCUT2D eigenvalue weighted by molar-refractivity contribution is 7.85. The van der Waals surface area contributed by atoms with Crippen LogP contribution in [0, 0.1) is 6.92 Å². The van der Waals surface area contributed by atoms with Gasteiger partial charge in [0.2, 0.25) is 0 Å². The van der Waals surface area contributed by atoms with Crippen molar-refractivity contribution in [3.05, 3.63) is 65.2 Å². The van der Waals surface area contributed by atoms with E-state index in [-0.39, 0.29) is 4.90 Å². The fraction of sp³-hybridized carbons (Fsp3) is 0.368. The van der Waals surface area contributed by atoms with Crippen molar-refractivity contribution in [1.29, 1.82) is 0 Å². The van der Waals surface area contributed by atoms with E-state index >= 15 is 0 Å². The van der Waals surface area contributed by atoms with Crippen molar-refractivity contribution >= 4 is 10.1 Å². The van der Waals surface area contributed by atoms with Gasteiger partial charge in [0.25, 0.3) is 10.1 Å². The zero-order valence-corrected chi connectivity index (χ0v) is 15.0. The summed E-state index contributed by atoms with van der Waals surface area (Å²) >= 11 is 0. The van der Waals surface area contributed by atoms with Crippen LogP contribution in [-0.4, -0.2) is 26.1 Å². The van der Waals surface area contributed by atoms with Crippen molar-refractivity contribution in [2.75, 3.05) is 13.1 Å². The van der Waals surface area contributed by atoms with E-state index in [4.69, 9.17) is 4.55 Å². The van der Waals surface area contributed by atoms with Crippen molar-refractivity contribution in [3.8, 4) is 0 Å². The SMILES string of the molecule is CCCc1ccc(C2CNC2)cc1.Cc1ccc(S(=O)(=O)O)cc1. The molecule has 0 atom stereocenters. The molecule has 0 spiro atoms. The number of aryl methyl sites for hydroxylation is 2. The highest BCUT2D eigenvalue weighted by Crippen LogP contribution is 2.20. The molecule has 3 rings (SSSR count). The number of hydrogen-bond donors (Lipinski definition) is 2. The van der Waals surface area contributed by atoms with Gasteiger partial charge in [0.1, 0.15) is 0 Å². The molecule has 5 heteroatoms. The van der Waals surface area contributed by atoms with Crippen LogP contribution in [0.5, 0.6) is 0 Å². The Kier molecular flexibility index (Phi) is 6.54. The molecule has 2 aromatic rings. The van der Waals surface area contributed by atoms with Gasteiger partial charge in [0.15, 0.2) is 0 Å². The molecule has 1 saturated heterocycles. The third-order valence-electron chi connectivity index (χ3n) is 4.09. The van der Waals surface area contributed by atoms with E-state index in [0.717, 1.165) is 24.6 Å². The van der Waals surface area contributed by atoms with Crippen LogP contribution in [0.15, 0.2) is 53.4 Å². The zero-order valence-electron chi connectivity index (χ0n) is 14.2. The molecule has 1 aliphatic heterocycles. The van der Waals surface area contributed by atoms with E-state index in [9.17, 15) is 8.42 Å². The van der Waals surface area contributed by atoms with Crippen LogP contribution in [0.2, 0.25) is 0 Å². The molecule has 2 N–H and O–H groups in total. The van der Waals surface area contributed by atoms with Gasteiger partial charge in [-0.2, -0.15) is 8.42 Å². The molecule has 1 heterocycles. The average Bonchev–Trinajstić information content (AvgIpc) is 2.48. The number of rotatable bonds is 4. The lowest BCUT2D eigenvalue weighted by Crippen LogP contribution is -2.39. The number of benzene rings is 2. The second-order valence-corrected chi connectivity index (χ2v) is 7.56. The fourth-order valence-corrected chi connectivity index (χ4v) is 2.96. The summed E-state index contributed by atoms with van der Waals surface area (Å²) in [6, 6.07) is 15.1. The first kappa shape index (κ1) is 18.6. The molecule has 24 heavy (non-hydrogen) atoms. The van der Waals surface area contributed by atoms with E-state index in [1.807, 2.05) is 6.92 Å². The first-order chi connectivity index (χ1) is 11.4. The summed E-state index contributed by atoms with van der Waals surface area (Å²) < 4.78 is 29.6. The average molecular weight is 347 g/mol. The smallest absolute Gasteiger partial charge is 0.294 e. The highest BCUT2D eigenvalue weighted by atomic mass is 32.2. The molecule has 0 aliphatic carbocycles. The summed E-state index contributed by atoms with van der Waals surface area (Å²) in [5.74, 6) is 0.774. The predicted molar refractivity (Wildman–Crippen MR) is 97.0 cm³/mol. The molecule has 1 aliphatic rings. The Balaban J connectivity index is 0.000000177. The van der Waals surface area contributed by atoms with Gasteiger partial charge in [-0.3, -0.25) is 4.55 Å². The van der Waals surface area contributed by atoms with E-state index in [0.29, 0.717) is 0 Å². The largest absolute Gasteiger partial charge is 0.315 e. The molecule has 2 aromatic carbocycles. The Hall–Kier alpha value is -1.69. The lowest BCUT2D eigenvalue weighted by molar-refractivity contribution is 0.448. The van der Waals surface area contributed by atoms with E-state index < -0.39 is 10.1 Å². The van der Waals surface area contributed by atoms with Crippen molar-refractivity contribution < 1.29 is 13.0 Å². The monoisotopic (exact) mass is 347 g/mol. The summed E-state index contributed by atoms with van der Waals surface area (Å²) in [7, 11) is -4.02. The summed E-state index contributed by atoms with van der Waals surface area (Å²) in [6.07, 6.45) is 2.45. The molecule has 130 valence electrons. The van der Waals surface area contributed by atoms with Gasteiger partial charge in [-0.05, 0) is 36.6 Å². The quantitative estimate of drug-likeness (QED) is 0.830. The van der Waals surface area contributed by atoms with Gasteiger partial charge < -0.3 is 5.32 Å². The topological polar surface area (TPSA) is 66.4 Å². The minimum atomic E-state index is -4.02. The zero-order chi connectivity index (χ0) is 17.6. The standard InChI is InChI=1S/C12H17N.C7H8O3S/c1-2-3-10-4-6-11(7-5-10)12-8-13-9-12;1-6-2-4-7(5-3-6)11(8,9)10/h4-7,12-13H,2-3,8-9H2,1H3;2-5H,1H3,(H,8,9,10). The van der Waals surface area contributed by atoms with Crippen molar-refractivity contribution in [2.24, 2.45) is 0 Å². The second-order valence-electron chi connectivity index (χ2n) is 6.13. The molecule has 0 unspecified atom stereocenters. The molecular formula is C19H25NO3S. The molecule has 0 bridgehead atoms. The fourth-order valence-electron chi connectivity index (χ4n) is 2.48. The first-order valence-electron chi connectivity index (χ1n) is 8.24. The molecular weight excluding hydrogens is 322 g/mol. The molecule has 0 radical (unpaired) electrons. The van der Waals surface area contributed by atoms with Crippen molar-refractivity contribution in [1.82, 2.24) is 5.32 Å². The number of hydrogen-bond acceptors (Lipinski definition) is 3. The molecule has 4 nitrogen and oxygen atoms in total. The Morgan fingerprint density at radius 2 is 1.62 bits per heavy atom. The van der Waals surface area contributed by atoms with E-state index in [2.05, 4.69) is 36.5 Å².